The van der Waals surface area contributed by atoms with Crippen LogP contribution in [0.1, 0.15) is 27.2 Å². The molecule has 0 atom stereocenters. The lowest BCUT2D eigenvalue weighted by Crippen LogP contribution is -2.26. The van der Waals surface area contributed by atoms with Crippen molar-refractivity contribution in [2.24, 2.45) is 0 Å². The fourth-order valence-electron chi connectivity index (χ4n) is 3.36. The number of rotatable bonds is 5. The number of carbonyl (C=O) groups excluding carboxylic acids is 1. The number of fused-ring (bicyclic) bond motifs is 1. The summed E-state index contributed by atoms with van der Waals surface area (Å²) in [5, 5.41) is 19.2. The van der Waals surface area contributed by atoms with Gasteiger partial charge in [-0.3, -0.25) is 9.89 Å². The molecular formula is C23H20ClN3O2. The Bertz CT molecular complexity index is 1170. The Morgan fingerprint density at radius 1 is 1.10 bits per heavy atom. The van der Waals surface area contributed by atoms with Crippen molar-refractivity contribution in [1.29, 1.82) is 0 Å². The zero-order chi connectivity index (χ0) is 20.4. The molecule has 1 aromatic heterocycles. The molecule has 0 radical (unpaired) electrons. The van der Waals surface area contributed by atoms with E-state index in [0.29, 0.717) is 23.5 Å². The summed E-state index contributed by atoms with van der Waals surface area (Å²) in [4.78, 5) is 14.5. The number of benzene rings is 3. The third kappa shape index (κ3) is 3.96. The molecule has 0 saturated heterocycles. The number of aromatic hydroxyl groups is 1. The van der Waals surface area contributed by atoms with E-state index >= 15 is 0 Å². The van der Waals surface area contributed by atoms with Gasteiger partial charge in [-0.15, -0.1) is 0 Å². The zero-order valence-corrected chi connectivity index (χ0v) is 16.6. The van der Waals surface area contributed by atoms with E-state index in [0.717, 1.165) is 22.2 Å². The van der Waals surface area contributed by atoms with Crippen LogP contribution < -0.4 is 0 Å². The second kappa shape index (κ2) is 7.97. The monoisotopic (exact) mass is 405 g/mol. The standard InChI is InChI=1S/C23H20ClN3O2/c1-27(14-16-9-5-6-10-19(16)24)23(29)18-12-17-20(11-15-7-3-2-4-8-15)25-26-21(17)13-22(18)28/h2-10,12-13,28H,11,14H2,1H3,(H,25,26). The molecule has 2 N–H and O–H groups in total. The predicted octanol–water partition coefficient (Wildman–Crippen LogP) is 4.78. The molecule has 0 aliphatic carbocycles. The Morgan fingerprint density at radius 2 is 1.83 bits per heavy atom. The van der Waals surface area contributed by atoms with Crippen molar-refractivity contribution in [2.45, 2.75) is 13.0 Å². The molecule has 0 unspecified atom stereocenters. The third-order valence-electron chi connectivity index (χ3n) is 4.91. The fraction of sp³-hybridized carbons (Fsp3) is 0.130. The number of phenols is 1. The maximum atomic E-state index is 13.0. The molecule has 1 heterocycles. The first-order valence-electron chi connectivity index (χ1n) is 9.25. The SMILES string of the molecule is CN(Cc1ccccc1Cl)C(=O)c1cc2c(Cc3ccccc3)n[nH]c2cc1O. The quantitative estimate of drug-likeness (QED) is 0.501. The Morgan fingerprint density at radius 3 is 2.59 bits per heavy atom. The smallest absolute Gasteiger partial charge is 0.257 e. The van der Waals surface area contributed by atoms with Crippen LogP contribution in [0.25, 0.3) is 10.9 Å². The number of H-pyrrole nitrogens is 1. The minimum absolute atomic E-state index is 0.0802. The summed E-state index contributed by atoms with van der Waals surface area (Å²) in [6.45, 7) is 0.345. The van der Waals surface area contributed by atoms with Gasteiger partial charge in [-0.2, -0.15) is 5.10 Å². The number of phenolic OH excluding ortho intramolecular Hbond substituents is 1. The highest BCUT2D eigenvalue weighted by molar-refractivity contribution is 6.31. The van der Waals surface area contributed by atoms with Gasteiger partial charge >= 0.3 is 0 Å². The van der Waals surface area contributed by atoms with E-state index in [1.165, 1.54) is 0 Å². The van der Waals surface area contributed by atoms with Crippen molar-refractivity contribution in [2.75, 3.05) is 7.05 Å². The molecule has 29 heavy (non-hydrogen) atoms. The average molecular weight is 406 g/mol. The third-order valence-corrected chi connectivity index (χ3v) is 5.28. The van der Waals surface area contributed by atoms with E-state index in [1.54, 1.807) is 30.1 Å². The van der Waals surface area contributed by atoms with Gasteiger partial charge in [0, 0.05) is 36.5 Å². The average Bonchev–Trinajstić information content (AvgIpc) is 3.10. The summed E-state index contributed by atoms with van der Waals surface area (Å²) in [5.41, 5.74) is 3.73. The predicted molar refractivity (Wildman–Crippen MR) is 114 cm³/mol. The minimum atomic E-state index is -0.281. The molecule has 146 valence electrons. The molecule has 1 amide bonds. The van der Waals surface area contributed by atoms with Crippen molar-refractivity contribution >= 4 is 28.4 Å². The summed E-state index contributed by atoms with van der Waals surface area (Å²) < 4.78 is 0. The summed E-state index contributed by atoms with van der Waals surface area (Å²) >= 11 is 6.21. The number of aromatic nitrogens is 2. The summed E-state index contributed by atoms with van der Waals surface area (Å²) in [7, 11) is 1.69. The second-order valence-corrected chi connectivity index (χ2v) is 7.41. The van der Waals surface area contributed by atoms with Crippen LogP contribution in [-0.4, -0.2) is 33.2 Å². The lowest BCUT2D eigenvalue weighted by Gasteiger charge is -2.19. The highest BCUT2D eigenvalue weighted by Crippen LogP contribution is 2.28. The molecule has 0 aliphatic rings. The van der Waals surface area contributed by atoms with E-state index < -0.39 is 0 Å². The van der Waals surface area contributed by atoms with Crippen molar-refractivity contribution in [1.82, 2.24) is 15.1 Å². The first kappa shape index (κ1) is 19.0. The van der Waals surface area contributed by atoms with E-state index in [1.807, 2.05) is 48.5 Å². The van der Waals surface area contributed by atoms with Gasteiger partial charge in [-0.25, -0.2) is 0 Å². The number of halogens is 1. The molecule has 6 heteroatoms. The highest BCUT2D eigenvalue weighted by atomic mass is 35.5. The van der Waals surface area contributed by atoms with Gasteiger partial charge < -0.3 is 10.0 Å². The maximum Gasteiger partial charge on any atom is 0.257 e. The largest absolute Gasteiger partial charge is 0.507 e. The summed E-state index contributed by atoms with van der Waals surface area (Å²) in [6.07, 6.45) is 0.634. The van der Waals surface area contributed by atoms with Crippen LogP contribution >= 0.6 is 11.6 Å². The summed E-state index contributed by atoms with van der Waals surface area (Å²) in [5.74, 6) is -0.361. The van der Waals surface area contributed by atoms with Crippen LogP contribution in [0.15, 0.2) is 66.7 Å². The number of nitrogens with zero attached hydrogens (tertiary/aromatic N) is 2. The number of carbonyl (C=O) groups is 1. The van der Waals surface area contributed by atoms with Crippen molar-refractivity contribution in [3.05, 3.63) is 94.1 Å². The van der Waals surface area contributed by atoms with Gasteiger partial charge in [0.05, 0.1) is 16.8 Å². The molecule has 3 aromatic carbocycles. The van der Waals surface area contributed by atoms with Gasteiger partial charge in [-0.1, -0.05) is 60.1 Å². The Hall–Kier alpha value is -3.31. The number of hydrogen-bond donors (Lipinski definition) is 2. The molecule has 4 aromatic rings. The molecule has 4 rings (SSSR count). The van der Waals surface area contributed by atoms with Gasteiger partial charge in [0.15, 0.2) is 0 Å². The minimum Gasteiger partial charge on any atom is -0.507 e. The topological polar surface area (TPSA) is 69.2 Å². The van der Waals surface area contributed by atoms with Crippen LogP contribution in [0.3, 0.4) is 0 Å². The van der Waals surface area contributed by atoms with Crippen LogP contribution in [0.2, 0.25) is 5.02 Å². The molecule has 0 spiro atoms. The maximum absolute atomic E-state index is 13.0. The van der Waals surface area contributed by atoms with Gasteiger partial charge in [0.2, 0.25) is 0 Å². The van der Waals surface area contributed by atoms with Crippen LogP contribution in [-0.2, 0) is 13.0 Å². The van der Waals surface area contributed by atoms with E-state index in [4.69, 9.17) is 11.6 Å². The van der Waals surface area contributed by atoms with Gasteiger partial charge in [-0.05, 0) is 23.3 Å². The van der Waals surface area contributed by atoms with Gasteiger partial charge in [0.1, 0.15) is 5.75 Å². The van der Waals surface area contributed by atoms with Crippen molar-refractivity contribution in [3.8, 4) is 5.75 Å². The molecular weight excluding hydrogens is 386 g/mol. The van der Waals surface area contributed by atoms with Crippen LogP contribution in [0.4, 0.5) is 0 Å². The molecule has 0 bridgehead atoms. The van der Waals surface area contributed by atoms with Crippen LogP contribution in [0, 0.1) is 0 Å². The molecule has 0 fully saturated rings. The van der Waals surface area contributed by atoms with E-state index in [2.05, 4.69) is 10.2 Å². The van der Waals surface area contributed by atoms with Crippen LogP contribution in [0.5, 0.6) is 5.75 Å². The Balaban J connectivity index is 1.64. The molecule has 0 saturated carbocycles. The lowest BCUT2D eigenvalue weighted by molar-refractivity contribution is 0.0782. The van der Waals surface area contributed by atoms with Crippen molar-refractivity contribution in [3.63, 3.8) is 0 Å². The van der Waals surface area contributed by atoms with Gasteiger partial charge in [0.25, 0.3) is 5.91 Å². The Labute approximate surface area is 173 Å². The van der Waals surface area contributed by atoms with E-state index in [9.17, 15) is 9.90 Å². The fourth-order valence-corrected chi connectivity index (χ4v) is 3.56. The lowest BCUT2D eigenvalue weighted by atomic mass is 10.0. The number of amides is 1. The molecule has 0 aliphatic heterocycles. The number of nitrogens with one attached hydrogen (secondary N) is 1. The normalized spacial score (nSPS) is 11.0. The second-order valence-electron chi connectivity index (χ2n) is 7.00. The first-order chi connectivity index (χ1) is 14.0. The number of aromatic amines is 1. The van der Waals surface area contributed by atoms with E-state index in [-0.39, 0.29) is 17.2 Å². The highest BCUT2D eigenvalue weighted by Gasteiger charge is 2.20. The zero-order valence-electron chi connectivity index (χ0n) is 15.9. The summed E-state index contributed by atoms with van der Waals surface area (Å²) in [6, 6.07) is 20.6. The first-order valence-corrected chi connectivity index (χ1v) is 9.63. The molecule has 5 nitrogen and oxygen atoms in total. The van der Waals surface area contributed by atoms with Crippen molar-refractivity contribution < 1.29 is 9.90 Å². The number of hydrogen-bond acceptors (Lipinski definition) is 3. The Kier molecular flexibility index (Phi) is 5.23.